The molecule has 4 nitrogen and oxygen atoms in total. The number of ether oxygens (including phenoxy) is 2. The van der Waals surface area contributed by atoms with Gasteiger partial charge in [-0.2, -0.15) is 0 Å². The van der Waals surface area contributed by atoms with E-state index in [2.05, 4.69) is 0 Å². The standard InChI is InChI=1S/C13H16O4/c1-9(13(14)15)7-8-10-11(16-2)5-4-6-12(10)17-3/h4-7H,8H2,1-3H3,(H,14,15)/b9-7+. The number of carboxylic acids is 1. The van der Waals surface area contributed by atoms with Crippen molar-refractivity contribution in [3.05, 3.63) is 35.4 Å². The van der Waals surface area contributed by atoms with Gasteiger partial charge < -0.3 is 14.6 Å². The fraction of sp³-hybridized carbons (Fsp3) is 0.308. The van der Waals surface area contributed by atoms with Crippen molar-refractivity contribution < 1.29 is 19.4 Å². The topological polar surface area (TPSA) is 55.8 Å². The molecule has 0 aliphatic rings. The molecular formula is C13H16O4. The van der Waals surface area contributed by atoms with Crippen LogP contribution in [0, 0.1) is 0 Å². The first-order valence-corrected chi connectivity index (χ1v) is 5.20. The van der Waals surface area contributed by atoms with Crippen molar-refractivity contribution in [2.45, 2.75) is 13.3 Å². The number of carboxylic acid groups (broad SMARTS) is 1. The van der Waals surface area contributed by atoms with Crippen LogP contribution in [-0.4, -0.2) is 25.3 Å². The Balaban J connectivity index is 3.03. The Morgan fingerprint density at radius 3 is 2.24 bits per heavy atom. The highest BCUT2D eigenvalue weighted by atomic mass is 16.5. The maximum absolute atomic E-state index is 10.7. The highest BCUT2D eigenvalue weighted by Crippen LogP contribution is 2.29. The van der Waals surface area contributed by atoms with Gasteiger partial charge in [0.2, 0.25) is 0 Å². The van der Waals surface area contributed by atoms with E-state index in [0.717, 1.165) is 5.56 Å². The summed E-state index contributed by atoms with van der Waals surface area (Å²) in [7, 11) is 3.15. The van der Waals surface area contributed by atoms with Crippen molar-refractivity contribution in [2.75, 3.05) is 14.2 Å². The molecule has 1 N–H and O–H groups in total. The lowest BCUT2D eigenvalue weighted by molar-refractivity contribution is -0.132. The van der Waals surface area contributed by atoms with E-state index < -0.39 is 5.97 Å². The normalized spacial score (nSPS) is 11.1. The van der Waals surface area contributed by atoms with E-state index in [4.69, 9.17) is 14.6 Å². The first-order valence-electron chi connectivity index (χ1n) is 5.20. The number of rotatable bonds is 5. The summed E-state index contributed by atoms with van der Waals surface area (Å²) >= 11 is 0. The molecule has 0 unspecified atom stereocenters. The first kappa shape index (κ1) is 13.1. The Labute approximate surface area is 100 Å². The average molecular weight is 236 g/mol. The van der Waals surface area contributed by atoms with Gasteiger partial charge in [0.05, 0.1) is 14.2 Å². The van der Waals surface area contributed by atoms with Crippen LogP contribution in [0.5, 0.6) is 11.5 Å². The number of hydrogen-bond acceptors (Lipinski definition) is 3. The summed E-state index contributed by atoms with van der Waals surface area (Å²) in [5.41, 5.74) is 1.15. The van der Waals surface area contributed by atoms with Gasteiger partial charge in [0.25, 0.3) is 0 Å². The molecule has 0 saturated carbocycles. The molecule has 92 valence electrons. The monoisotopic (exact) mass is 236 g/mol. The molecule has 0 radical (unpaired) electrons. The van der Waals surface area contributed by atoms with Crippen molar-refractivity contribution in [1.82, 2.24) is 0 Å². The smallest absolute Gasteiger partial charge is 0.330 e. The SMILES string of the molecule is COc1cccc(OC)c1C/C=C(\C)C(=O)O. The van der Waals surface area contributed by atoms with Crippen LogP contribution in [0.1, 0.15) is 12.5 Å². The second-order valence-electron chi connectivity index (χ2n) is 3.54. The fourth-order valence-corrected chi connectivity index (χ4v) is 1.47. The van der Waals surface area contributed by atoms with E-state index in [-0.39, 0.29) is 0 Å². The van der Waals surface area contributed by atoms with Crippen LogP contribution in [0.25, 0.3) is 0 Å². The summed E-state index contributed by atoms with van der Waals surface area (Å²) in [6.45, 7) is 1.56. The lowest BCUT2D eigenvalue weighted by Gasteiger charge is -2.11. The summed E-state index contributed by atoms with van der Waals surface area (Å²) in [6.07, 6.45) is 2.11. The maximum atomic E-state index is 10.7. The minimum atomic E-state index is -0.918. The van der Waals surface area contributed by atoms with Crippen LogP contribution in [0.2, 0.25) is 0 Å². The molecule has 0 aliphatic carbocycles. The molecule has 0 saturated heterocycles. The predicted octanol–water partition coefficient (Wildman–Crippen LogP) is 2.28. The molecule has 0 amide bonds. The summed E-state index contributed by atoms with van der Waals surface area (Å²) in [5.74, 6) is 0.469. The Morgan fingerprint density at radius 2 is 1.82 bits per heavy atom. The molecule has 0 aromatic heterocycles. The third kappa shape index (κ3) is 3.24. The Bertz CT molecular complexity index is 413. The Kier molecular flexibility index (Phi) is 4.57. The van der Waals surface area contributed by atoms with Crippen molar-refractivity contribution in [2.24, 2.45) is 0 Å². The highest BCUT2D eigenvalue weighted by Gasteiger charge is 2.09. The summed E-state index contributed by atoms with van der Waals surface area (Å²) < 4.78 is 10.4. The first-order chi connectivity index (χ1) is 8.10. The zero-order valence-corrected chi connectivity index (χ0v) is 10.2. The molecule has 17 heavy (non-hydrogen) atoms. The van der Waals surface area contributed by atoms with Crippen LogP contribution in [0.4, 0.5) is 0 Å². The molecule has 0 aliphatic heterocycles. The van der Waals surface area contributed by atoms with Crippen LogP contribution in [-0.2, 0) is 11.2 Å². The summed E-state index contributed by atoms with van der Waals surface area (Å²) in [4.78, 5) is 10.7. The number of benzene rings is 1. The van der Waals surface area contributed by atoms with Gasteiger partial charge in [-0.15, -0.1) is 0 Å². The van der Waals surface area contributed by atoms with Crippen molar-refractivity contribution in [3.8, 4) is 11.5 Å². The van der Waals surface area contributed by atoms with Crippen molar-refractivity contribution in [3.63, 3.8) is 0 Å². The molecule has 0 fully saturated rings. The molecule has 0 heterocycles. The molecule has 4 heteroatoms. The quantitative estimate of drug-likeness (QED) is 0.797. The van der Waals surface area contributed by atoms with Crippen LogP contribution < -0.4 is 9.47 Å². The van der Waals surface area contributed by atoms with Crippen LogP contribution >= 0.6 is 0 Å². The third-order valence-corrected chi connectivity index (χ3v) is 2.48. The molecule has 0 spiro atoms. The Morgan fingerprint density at radius 1 is 1.29 bits per heavy atom. The van der Waals surface area contributed by atoms with E-state index in [1.54, 1.807) is 27.2 Å². The van der Waals surface area contributed by atoms with Gasteiger partial charge in [0, 0.05) is 11.1 Å². The lowest BCUT2D eigenvalue weighted by atomic mass is 10.1. The van der Waals surface area contributed by atoms with Gasteiger partial charge in [-0.05, 0) is 25.5 Å². The second kappa shape index (κ2) is 5.94. The van der Waals surface area contributed by atoms with Gasteiger partial charge in [0.1, 0.15) is 11.5 Å². The molecule has 0 atom stereocenters. The largest absolute Gasteiger partial charge is 0.496 e. The zero-order chi connectivity index (χ0) is 12.8. The predicted molar refractivity (Wildman–Crippen MR) is 64.6 cm³/mol. The maximum Gasteiger partial charge on any atom is 0.330 e. The van der Waals surface area contributed by atoms with Gasteiger partial charge in [-0.3, -0.25) is 0 Å². The number of aliphatic carboxylic acids is 1. The van der Waals surface area contributed by atoms with Crippen molar-refractivity contribution in [1.29, 1.82) is 0 Å². The highest BCUT2D eigenvalue weighted by molar-refractivity contribution is 5.85. The van der Waals surface area contributed by atoms with Gasteiger partial charge in [0.15, 0.2) is 0 Å². The molecule has 1 aromatic carbocycles. The molecule has 1 aromatic rings. The van der Waals surface area contributed by atoms with Crippen molar-refractivity contribution >= 4 is 5.97 Å². The summed E-state index contributed by atoms with van der Waals surface area (Å²) in [5, 5.41) is 8.78. The van der Waals surface area contributed by atoms with Crippen LogP contribution in [0.3, 0.4) is 0 Å². The number of methoxy groups -OCH3 is 2. The summed E-state index contributed by atoms with van der Waals surface area (Å²) in [6, 6.07) is 5.47. The minimum Gasteiger partial charge on any atom is -0.496 e. The molecule has 0 bridgehead atoms. The van der Waals surface area contributed by atoms with Gasteiger partial charge in [-0.1, -0.05) is 12.1 Å². The third-order valence-electron chi connectivity index (χ3n) is 2.48. The molecular weight excluding hydrogens is 220 g/mol. The minimum absolute atomic E-state index is 0.304. The van der Waals surface area contributed by atoms with Gasteiger partial charge in [-0.25, -0.2) is 4.79 Å². The van der Waals surface area contributed by atoms with E-state index in [1.165, 1.54) is 0 Å². The Hall–Kier alpha value is -1.97. The van der Waals surface area contributed by atoms with E-state index in [1.807, 2.05) is 18.2 Å². The number of allylic oxidation sites excluding steroid dienone is 1. The van der Waals surface area contributed by atoms with Crippen LogP contribution in [0.15, 0.2) is 29.8 Å². The fourth-order valence-electron chi connectivity index (χ4n) is 1.47. The second-order valence-corrected chi connectivity index (χ2v) is 3.54. The zero-order valence-electron chi connectivity index (χ0n) is 10.2. The van der Waals surface area contributed by atoms with E-state index in [9.17, 15) is 4.79 Å². The van der Waals surface area contributed by atoms with E-state index in [0.29, 0.717) is 23.5 Å². The average Bonchev–Trinajstić information content (AvgIpc) is 2.34. The lowest BCUT2D eigenvalue weighted by Crippen LogP contribution is -1.99. The number of hydrogen-bond donors (Lipinski definition) is 1. The number of carbonyl (C=O) groups is 1. The molecule has 1 rings (SSSR count). The van der Waals surface area contributed by atoms with E-state index >= 15 is 0 Å². The van der Waals surface area contributed by atoms with Gasteiger partial charge >= 0.3 is 5.97 Å².